The highest BCUT2D eigenvalue weighted by Gasteiger charge is 2.22. The Morgan fingerprint density at radius 2 is 1.80 bits per heavy atom. The summed E-state index contributed by atoms with van der Waals surface area (Å²) in [6.07, 6.45) is 0. The molecule has 0 aromatic heterocycles. The lowest BCUT2D eigenvalue weighted by Gasteiger charge is -2.11. The Kier molecular flexibility index (Phi) is 5.99. The second-order valence-electron chi connectivity index (χ2n) is 3.73. The maximum atomic E-state index is 12.1. The van der Waals surface area contributed by atoms with E-state index in [-0.39, 0.29) is 27.4 Å². The number of halogens is 2. The SMILES string of the molecule is CNS(=O)(=O)CCNS(=O)(=O)c1c(N)cc(Br)cc1Br. The molecule has 0 heterocycles. The Balaban J connectivity index is 2.96. The first kappa shape index (κ1) is 17.9. The molecule has 1 aromatic rings. The number of rotatable bonds is 6. The van der Waals surface area contributed by atoms with Crippen LogP contribution in [0.25, 0.3) is 0 Å². The molecular formula is C9H13Br2N3O4S2. The van der Waals surface area contributed by atoms with Gasteiger partial charge < -0.3 is 5.73 Å². The summed E-state index contributed by atoms with van der Waals surface area (Å²) in [6.45, 7) is -0.256. The van der Waals surface area contributed by atoms with Crippen LogP contribution in [-0.2, 0) is 20.0 Å². The maximum Gasteiger partial charge on any atom is 0.243 e. The average Bonchev–Trinajstić information content (AvgIpc) is 2.26. The van der Waals surface area contributed by atoms with Crippen molar-refractivity contribution < 1.29 is 16.8 Å². The Morgan fingerprint density at radius 3 is 2.30 bits per heavy atom. The molecule has 0 saturated carbocycles. The van der Waals surface area contributed by atoms with Gasteiger partial charge >= 0.3 is 0 Å². The van der Waals surface area contributed by atoms with Crippen molar-refractivity contribution in [3.8, 4) is 0 Å². The minimum atomic E-state index is -3.90. The van der Waals surface area contributed by atoms with Gasteiger partial charge in [0.25, 0.3) is 0 Å². The van der Waals surface area contributed by atoms with Crippen LogP contribution in [0.15, 0.2) is 26.0 Å². The summed E-state index contributed by atoms with van der Waals surface area (Å²) < 4.78 is 51.8. The van der Waals surface area contributed by atoms with Gasteiger partial charge in [-0.25, -0.2) is 26.3 Å². The van der Waals surface area contributed by atoms with E-state index in [0.29, 0.717) is 4.47 Å². The van der Waals surface area contributed by atoms with Crippen molar-refractivity contribution in [1.82, 2.24) is 9.44 Å². The zero-order valence-corrected chi connectivity index (χ0v) is 15.2. The van der Waals surface area contributed by atoms with Crippen LogP contribution in [0.1, 0.15) is 0 Å². The largest absolute Gasteiger partial charge is 0.398 e. The van der Waals surface area contributed by atoms with Crippen molar-refractivity contribution >= 4 is 57.6 Å². The molecule has 0 bridgehead atoms. The zero-order valence-electron chi connectivity index (χ0n) is 10.4. The van der Waals surface area contributed by atoms with Crippen LogP contribution in [0, 0.1) is 0 Å². The fraction of sp³-hybridized carbons (Fsp3) is 0.333. The van der Waals surface area contributed by atoms with Gasteiger partial charge in [-0.05, 0) is 35.1 Å². The molecule has 1 aromatic carbocycles. The fourth-order valence-electron chi connectivity index (χ4n) is 1.35. The third-order valence-corrected chi connectivity index (χ3v) is 6.57. The first-order valence-corrected chi connectivity index (χ1v) is 9.96. The summed E-state index contributed by atoms with van der Waals surface area (Å²) in [7, 11) is -6.13. The second kappa shape index (κ2) is 6.71. The fourth-order valence-corrected chi connectivity index (χ4v) is 5.15. The van der Waals surface area contributed by atoms with Gasteiger partial charge in [0.05, 0.1) is 11.4 Å². The highest BCUT2D eigenvalue weighted by Crippen LogP contribution is 2.31. The molecule has 0 amide bonds. The molecule has 114 valence electrons. The molecule has 11 heteroatoms. The molecule has 0 spiro atoms. The van der Waals surface area contributed by atoms with Crippen LogP contribution in [0.4, 0.5) is 5.69 Å². The van der Waals surface area contributed by atoms with Gasteiger partial charge in [-0.3, -0.25) is 0 Å². The lowest BCUT2D eigenvalue weighted by Crippen LogP contribution is -2.33. The van der Waals surface area contributed by atoms with E-state index in [2.05, 4.69) is 41.3 Å². The van der Waals surface area contributed by atoms with E-state index in [1.54, 1.807) is 0 Å². The lowest BCUT2D eigenvalue weighted by atomic mass is 10.3. The van der Waals surface area contributed by atoms with E-state index in [0.717, 1.165) is 0 Å². The quantitative estimate of drug-likeness (QED) is 0.549. The highest BCUT2D eigenvalue weighted by molar-refractivity contribution is 9.11. The van der Waals surface area contributed by atoms with Crippen LogP contribution < -0.4 is 15.2 Å². The van der Waals surface area contributed by atoms with Gasteiger partial charge in [0, 0.05) is 15.5 Å². The number of benzene rings is 1. The Bertz CT molecular complexity index is 681. The summed E-state index contributed by atoms with van der Waals surface area (Å²) in [6, 6.07) is 2.99. The van der Waals surface area contributed by atoms with Crippen LogP contribution in [0.2, 0.25) is 0 Å². The molecule has 1 rings (SSSR count). The first-order chi connectivity index (χ1) is 9.09. The molecule has 0 fully saturated rings. The van der Waals surface area contributed by atoms with E-state index < -0.39 is 20.0 Å². The lowest BCUT2D eigenvalue weighted by molar-refractivity contribution is 0.578. The zero-order chi connectivity index (χ0) is 15.6. The Hall–Kier alpha value is -0.200. The van der Waals surface area contributed by atoms with E-state index in [1.807, 2.05) is 0 Å². The summed E-state index contributed by atoms with van der Waals surface area (Å²) in [5, 5.41) is 0. The second-order valence-corrected chi connectivity index (χ2v) is 9.25. The highest BCUT2D eigenvalue weighted by atomic mass is 79.9. The number of nitrogen functional groups attached to an aromatic ring is 1. The molecule has 0 radical (unpaired) electrons. The van der Waals surface area contributed by atoms with E-state index in [4.69, 9.17) is 5.73 Å². The predicted molar refractivity (Wildman–Crippen MR) is 84.3 cm³/mol. The van der Waals surface area contributed by atoms with Crippen molar-refractivity contribution in [3.63, 3.8) is 0 Å². The van der Waals surface area contributed by atoms with E-state index in [1.165, 1.54) is 19.2 Å². The first-order valence-electron chi connectivity index (χ1n) is 5.24. The van der Waals surface area contributed by atoms with Crippen LogP contribution in [0.3, 0.4) is 0 Å². The minimum Gasteiger partial charge on any atom is -0.398 e. The van der Waals surface area contributed by atoms with E-state index >= 15 is 0 Å². The number of sulfonamides is 2. The standard InChI is InChI=1S/C9H13Br2N3O4S2/c1-13-19(15,16)3-2-14-20(17,18)9-7(11)4-6(10)5-8(9)12/h4-5,13-14H,2-3,12H2,1H3. The van der Waals surface area contributed by atoms with Gasteiger partial charge in [0.2, 0.25) is 20.0 Å². The third kappa shape index (κ3) is 4.67. The van der Waals surface area contributed by atoms with Gasteiger partial charge in [0.15, 0.2) is 0 Å². The Labute approximate surface area is 134 Å². The molecule has 0 atom stereocenters. The topological polar surface area (TPSA) is 118 Å². The van der Waals surface area contributed by atoms with Crippen molar-refractivity contribution in [1.29, 1.82) is 0 Å². The summed E-state index contributed by atoms with van der Waals surface area (Å²) in [5.41, 5.74) is 5.73. The molecule has 7 nitrogen and oxygen atoms in total. The maximum absolute atomic E-state index is 12.1. The molecule has 0 unspecified atom stereocenters. The van der Waals surface area contributed by atoms with Crippen molar-refractivity contribution in [2.24, 2.45) is 0 Å². The predicted octanol–water partition coefficient (Wildman–Crippen LogP) is 0.621. The van der Waals surface area contributed by atoms with Gasteiger partial charge in [-0.15, -0.1) is 0 Å². The molecule has 0 aliphatic carbocycles. The molecule has 20 heavy (non-hydrogen) atoms. The summed E-state index contributed by atoms with van der Waals surface area (Å²) >= 11 is 6.31. The number of hydrogen-bond acceptors (Lipinski definition) is 5. The van der Waals surface area contributed by atoms with Gasteiger partial charge in [-0.2, -0.15) is 0 Å². The minimum absolute atomic E-state index is 0.0511. The monoisotopic (exact) mass is 449 g/mol. The molecule has 0 aliphatic heterocycles. The van der Waals surface area contributed by atoms with Crippen molar-refractivity contribution in [2.75, 3.05) is 25.1 Å². The van der Waals surface area contributed by atoms with Crippen LogP contribution >= 0.6 is 31.9 Å². The molecule has 0 aliphatic rings. The smallest absolute Gasteiger partial charge is 0.243 e. The van der Waals surface area contributed by atoms with E-state index in [9.17, 15) is 16.8 Å². The molecule has 0 saturated heterocycles. The number of hydrogen-bond donors (Lipinski definition) is 3. The third-order valence-electron chi connectivity index (χ3n) is 2.28. The van der Waals surface area contributed by atoms with Crippen molar-refractivity contribution in [2.45, 2.75) is 4.90 Å². The van der Waals surface area contributed by atoms with Gasteiger partial charge in [-0.1, -0.05) is 15.9 Å². The normalized spacial score (nSPS) is 12.6. The van der Waals surface area contributed by atoms with Gasteiger partial charge in [0.1, 0.15) is 4.90 Å². The van der Waals surface area contributed by atoms with Crippen LogP contribution in [-0.4, -0.2) is 36.2 Å². The number of nitrogens with two attached hydrogens (primary N) is 1. The summed E-state index contributed by atoms with van der Waals surface area (Å²) in [4.78, 5) is -0.123. The molecule has 4 N–H and O–H groups in total. The summed E-state index contributed by atoms with van der Waals surface area (Å²) in [5.74, 6) is -0.364. The number of nitrogens with one attached hydrogen (secondary N) is 2. The Morgan fingerprint density at radius 1 is 1.20 bits per heavy atom. The number of anilines is 1. The average molecular weight is 451 g/mol. The van der Waals surface area contributed by atoms with Crippen LogP contribution in [0.5, 0.6) is 0 Å². The molecular weight excluding hydrogens is 438 g/mol. The van der Waals surface area contributed by atoms with Crippen molar-refractivity contribution in [3.05, 3.63) is 21.1 Å².